The Morgan fingerprint density at radius 1 is 0.881 bits per heavy atom. The summed E-state index contributed by atoms with van der Waals surface area (Å²) in [7, 11) is 1.48. The maximum Gasteiger partial charge on any atom is 0.323 e. The predicted octanol–water partition coefficient (Wildman–Crippen LogP) is 5.84. The summed E-state index contributed by atoms with van der Waals surface area (Å²) in [5.41, 5.74) is 3.85. The zero-order chi connectivity index (χ0) is 30.1. The highest BCUT2D eigenvalue weighted by atomic mass is 32.1. The fourth-order valence-electron chi connectivity index (χ4n) is 4.19. The molecule has 10 nitrogen and oxygen atoms in total. The molecule has 4 aromatic rings. The molecule has 1 aromatic heterocycles. The Kier molecular flexibility index (Phi) is 9.90. The first-order valence-corrected chi connectivity index (χ1v) is 13.9. The van der Waals surface area contributed by atoms with Crippen molar-refractivity contribution in [3.05, 3.63) is 106 Å². The van der Waals surface area contributed by atoms with E-state index in [1.54, 1.807) is 66.0 Å². The molecule has 0 aliphatic heterocycles. The summed E-state index contributed by atoms with van der Waals surface area (Å²) in [6, 6.07) is 21.4. The monoisotopic (exact) mass is 586 g/mol. The molecule has 42 heavy (non-hydrogen) atoms. The van der Waals surface area contributed by atoms with E-state index >= 15 is 0 Å². The van der Waals surface area contributed by atoms with Crippen LogP contribution in [0.3, 0.4) is 0 Å². The largest absolute Gasteiger partial charge is 0.495 e. The minimum Gasteiger partial charge on any atom is -0.495 e. The van der Waals surface area contributed by atoms with Crippen LogP contribution in [0.25, 0.3) is 0 Å². The van der Waals surface area contributed by atoms with E-state index in [4.69, 9.17) is 4.74 Å². The summed E-state index contributed by atoms with van der Waals surface area (Å²) >= 11 is 1.27. The maximum atomic E-state index is 12.8. The molecule has 0 spiro atoms. The molecule has 0 saturated carbocycles. The van der Waals surface area contributed by atoms with Crippen LogP contribution >= 0.6 is 11.3 Å². The van der Waals surface area contributed by atoms with E-state index in [0.29, 0.717) is 38.8 Å². The van der Waals surface area contributed by atoms with Crippen LogP contribution in [0.5, 0.6) is 5.75 Å². The second-order valence-corrected chi connectivity index (χ2v) is 10.3. The number of thiophene rings is 1. The van der Waals surface area contributed by atoms with Gasteiger partial charge < -0.3 is 31.1 Å². The van der Waals surface area contributed by atoms with Gasteiger partial charge in [0.25, 0.3) is 5.91 Å². The molecule has 1 atom stereocenters. The van der Waals surface area contributed by atoms with Gasteiger partial charge >= 0.3 is 12.0 Å². The number of aliphatic carboxylic acids is 1. The van der Waals surface area contributed by atoms with Gasteiger partial charge in [0.05, 0.1) is 36.6 Å². The van der Waals surface area contributed by atoms with Crippen molar-refractivity contribution in [3.8, 4) is 5.75 Å². The Morgan fingerprint density at radius 2 is 1.62 bits per heavy atom. The lowest BCUT2D eigenvalue weighted by molar-refractivity contribution is -0.137. The van der Waals surface area contributed by atoms with Crippen LogP contribution in [0.4, 0.5) is 21.9 Å². The quantitative estimate of drug-likeness (QED) is 0.149. The van der Waals surface area contributed by atoms with Gasteiger partial charge in [0.15, 0.2) is 0 Å². The van der Waals surface area contributed by atoms with Crippen molar-refractivity contribution >= 4 is 52.2 Å². The van der Waals surface area contributed by atoms with Gasteiger partial charge in [0.2, 0.25) is 5.91 Å². The molecule has 4 rings (SSSR count). The first-order chi connectivity index (χ1) is 20.2. The van der Waals surface area contributed by atoms with Crippen molar-refractivity contribution in [2.45, 2.75) is 25.8 Å². The van der Waals surface area contributed by atoms with Gasteiger partial charge in [-0.3, -0.25) is 14.4 Å². The van der Waals surface area contributed by atoms with Gasteiger partial charge in [0.1, 0.15) is 5.75 Å². The third-order valence-electron chi connectivity index (χ3n) is 6.30. The molecule has 0 bridgehead atoms. The number of amides is 4. The van der Waals surface area contributed by atoms with Gasteiger partial charge in [-0.05, 0) is 65.4 Å². The average molecular weight is 587 g/mol. The van der Waals surface area contributed by atoms with Gasteiger partial charge in [-0.25, -0.2) is 4.79 Å². The van der Waals surface area contributed by atoms with E-state index in [-0.39, 0.29) is 24.7 Å². The minimum atomic E-state index is -1.05. The van der Waals surface area contributed by atoms with Gasteiger partial charge in [-0.2, -0.15) is 0 Å². The first kappa shape index (κ1) is 29.8. The zero-order valence-corrected chi connectivity index (χ0v) is 23.8. The van der Waals surface area contributed by atoms with Crippen molar-refractivity contribution < 1.29 is 29.0 Å². The van der Waals surface area contributed by atoms with E-state index in [9.17, 15) is 24.3 Å². The van der Waals surface area contributed by atoms with E-state index in [1.165, 1.54) is 18.4 Å². The summed E-state index contributed by atoms with van der Waals surface area (Å²) in [5.74, 6) is -1.28. The molecule has 0 aliphatic rings. The van der Waals surface area contributed by atoms with E-state index < -0.39 is 18.0 Å². The van der Waals surface area contributed by atoms with Crippen molar-refractivity contribution in [1.29, 1.82) is 0 Å². The molecule has 216 valence electrons. The van der Waals surface area contributed by atoms with E-state index in [0.717, 1.165) is 5.56 Å². The zero-order valence-electron chi connectivity index (χ0n) is 23.0. The molecule has 0 radical (unpaired) electrons. The summed E-state index contributed by atoms with van der Waals surface area (Å²) < 4.78 is 5.43. The number of carbonyl (C=O) groups excluding carboxylic acids is 3. The van der Waals surface area contributed by atoms with Crippen molar-refractivity contribution in [2.24, 2.45) is 0 Å². The molecule has 1 heterocycles. The van der Waals surface area contributed by atoms with Crippen LogP contribution in [0.15, 0.2) is 84.2 Å². The number of carboxylic acids is 1. The molecule has 1 unspecified atom stereocenters. The summed E-state index contributed by atoms with van der Waals surface area (Å²) in [6.45, 7) is 1.90. The lowest BCUT2D eigenvalue weighted by atomic mass is 10.0. The van der Waals surface area contributed by atoms with Crippen LogP contribution in [0.2, 0.25) is 0 Å². The highest BCUT2D eigenvalue weighted by Gasteiger charge is 2.20. The van der Waals surface area contributed by atoms with Crippen LogP contribution in [-0.2, 0) is 16.0 Å². The average Bonchev–Trinajstić information content (AvgIpc) is 3.50. The van der Waals surface area contributed by atoms with Gasteiger partial charge in [0, 0.05) is 11.4 Å². The Bertz CT molecular complexity index is 1570. The van der Waals surface area contributed by atoms with Crippen LogP contribution in [-0.4, -0.2) is 36.0 Å². The predicted molar refractivity (Wildman–Crippen MR) is 162 cm³/mol. The Hall–Kier alpha value is -5.16. The van der Waals surface area contributed by atoms with Crippen molar-refractivity contribution in [2.75, 3.05) is 23.1 Å². The maximum absolute atomic E-state index is 12.8. The number of anilines is 3. The number of hydrogen-bond donors (Lipinski definition) is 5. The van der Waals surface area contributed by atoms with Gasteiger partial charge in [-0.15, -0.1) is 11.3 Å². The standard InChI is InChI=1S/C31H30N4O6S/c1-19-6-3-4-7-23(19)34-31(40)35-24-14-9-20(16-26(24)41-2)17-28(36)32-22-12-10-21(11-13-22)25(18-29(37)38)33-30(39)27-8-5-15-42-27/h3-16,25H,17-18H2,1-2H3,(H,32,36)(H,33,39)(H,37,38)(H2,34,35,40). The van der Waals surface area contributed by atoms with Crippen LogP contribution in [0.1, 0.15) is 38.8 Å². The Morgan fingerprint density at radius 3 is 2.29 bits per heavy atom. The molecule has 4 amide bonds. The summed E-state index contributed by atoms with van der Waals surface area (Å²) in [5, 5.41) is 22.2. The lowest BCUT2D eigenvalue weighted by Gasteiger charge is -2.17. The normalized spacial score (nSPS) is 11.2. The fraction of sp³-hybridized carbons (Fsp3) is 0.161. The Labute approximate surface area is 246 Å². The molecule has 0 fully saturated rings. The second-order valence-electron chi connectivity index (χ2n) is 9.38. The Balaban J connectivity index is 1.36. The van der Waals surface area contributed by atoms with Gasteiger partial charge in [-0.1, -0.05) is 42.5 Å². The summed E-state index contributed by atoms with van der Waals surface area (Å²) in [4.78, 5) is 49.6. The third-order valence-corrected chi connectivity index (χ3v) is 7.17. The lowest BCUT2D eigenvalue weighted by Crippen LogP contribution is -2.29. The second kappa shape index (κ2) is 14.0. The van der Waals surface area contributed by atoms with Crippen molar-refractivity contribution in [1.82, 2.24) is 5.32 Å². The van der Waals surface area contributed by atoms with E-state index in [1.807, 2.05) is 25.1 Å². The number of para-hydroxylation sites is 1. The number of carbonyl (C=O) groups is 4. The number of hydrogen-bond acceptors (Lipinski definition) is 6. The number of ether oxygens (including phenoxy) is 1. The molecule has 3 aromatic carbocycles. The molecule has 11 heteroatoms. The number of urea groups is 1. The number of methoxy groups -OCH3 is 1. The van der Waals surface area contributed by atoms with Crippen LogP contribution < -0.4 is 26.0 Å². The molecule has 5 N–H and O–H groups in total. The van der Waals surface area contributed by atoms with Crippen molar-refractivity contribution in [3.63, 3.8) is 0 Å². The first-order valence-electron chi connectivity index (χ1n) is 13.0. The topological polar surface area (TPSA) is 146 Å². The summed E-state index contributed by atoms with van der Waals surface area (Å²) in [6.07, 6.45) is -0.241. The fourth-order valence-corrected chi connectivity index (χ4v) is 4.82. The van der Waals surface area contributed by atoms with Crippen LogP contribution in [0, 0.1) is 6.92 Å². The molecule has 0 aliphatic carbocycles. The highest BCUT2D eigenvalue weighted by molar-refractivity contribution is 7.12. The highest BCUT2D eigenvalue weighted by Crippen LogP contribution is 2.27. The minimum absolute atomic E-state index is 0.0479. The SMILES string of the molecule is COc1cc(CC(=O)Nc2ccc(C(CC(=O)O)NC(=O)c3cccs3)cc2)ccc1NC(=O)Nc1ccccc1C. The van der Waals surface area contributed by atoms with E-state index in [2.05, 4.69) is 21.3 Å². The molecular weight excluding hydrogens is 556 g/mol. The number of benzene rings is 3. The smallest absolute Gasteiger partial charge is 0.323 e. The molecule has 0 saturated heterocycles. The number of rotatable bonds is 11. The third kappa shape index (κ3) is 8.18. The number of aryl methyl sites for hydroxylation is 1. The number of carboxylic acid groups (broad SMARTS) is 1. The molecular formula is C31H30N4O6S. The number of nitrogens with one attached hydrogen (secondary N) is 4.